The molecule has 0 fully saturated rings. The molecule has 0 aliphatic carbocycles. The highest BCUT2D eigenvalue weighted by atomic mass is 16.5. The molecule has 7 heteroatoms. The molecule has 0 radical (unpaired) electrons. The summed E-state index contributed by atoms with van der Waals surface area (Å²) in [6.45, 7) is 0.183. The van der Waals surface area contributed by atoms with E-state index in [1.807, 2.05) is 30.3 Å². The van der Waals surface area contributed by atoms with E-state index in [4.69, 9.17) is 4.52 Å². The fourth-order valence-corrected chi connectivity index (χ4v) is 1.85. The maximum absolute atomic E-state index is 11.9. The van der Waals surface area contributed by atoms with E-state index in [0.717, 1.165) is 5.56 Å². The lowest BCUT2D eigenvalue weighted by Crippen LogP contribution is -2.26. The van der Waals surface area contributed by atoms with E-state index in [-0.39, 0.29) is 12.5 Å². The van der Waals surface area contributed by atoms with Crippen molar-refractivity contribution in [3.05, 3.63) is 54.4 Å². The molecule has 21 heavy (non-hydrogen) atoms. The van der Waals surface area contributed by atoms with E-state index in [2.05, 4.69) is 20.4 Å². The Hall–Kier alpha value is -2.96. The van der Waals surface area contributed by atoms with Crippen molar-refractivity contribution in [1.82, 2.24) is 25.0 Å². The van der Waals surface area contributed by atoms with Gasteiger partial charge in [0.25, 0.3) is 11.8 Å². The standard InChI is InChI=1S/C14H13N5O2/c1-19-8-7-15-12(19)13(20)16-9-11-17-14(21-18-11)10-5-3-2-4-6-10/h2-8H,9H2,1H3,(H,16,20). The first-order valence-electron chi connectivity index (χ1n) is 6.37. The minimum Gasteiger partial charge on any atom is -0.342 e. The zero-order valence-corrected chi connectivity index (χ0v) is 11.4. The Labute approximate surface area is 120 Å². The van der Waals surface area contributed by atoms with Gasteiger partial charge in [0.2, 0.25) is 0 Å². The topological polar surface area (TPSA) is 85.8 Å². The molecule has 0 spiro atoms. The van der Waals surface area contributed by atoms with Crippen LogP contribution >= 0.6 is 0 Å². The van der Waals surface area contributed by atoms with Gasteiger partial charge in [-0.15, -0.1) is 0 Å². The van der Waals surface area contributed by atoms with Crippen molar-refractivity contribution in [3.8, 4) is 11.5 Å². The molecule has 2 heterocycles. The Morgan fingerprint density at radius 3 is 2.86 bits per heavy atom. The molecule has 0 unspecified atom stereocenters. The Morgan fingerprint density at radius 1 is 1.33 bits per heavy atom. The Bertz CT molecular complexity index is 748. The third-order valence-electron chi connectivity index (χ3n) is 2.92. The Kier molecular flexibility index (Phi) is 3.46. The molecule has 1 N–H and O–H groups in total. The van der Waals surface area contributed by atoms with E-state index in [0.29, 0.717) is 17.5 Å². The van der Waals surface area contributed by atoms with E-state index >= 15 is 0 Å². The van der Waals surface area contributed by atoms with Gasteiger partial charge in [-0.05, 0) is 12.1 Å². The summed E-state index contributed by atoms with van der Waals surface area (Å²) in [4.78, 5) is 20.1. The molecular weight excluding hydrogens is 270 g/mol. The smallest absolute Gasteiger partial charge is 0.287 e. The van der Waals surface area contributed by atoms with Crippen LogP contribution in [-0.2, 0) is 13.6 Å². The van der Waals surface area contributed by atoms with Crippen molar-refractivity contribution in [3.63, 3.8) is 0 Å². The second-order valence-corrected chi connectivity index (χ2v) is 4.43. The zero-order chi connectivity index (χ0) is 14.7. The molecule has 0 aliphatic rings. The number of aryl methyl sites for hydroxylation is 1. The molecule has 0 saturated carbocycles. The highest BCUT2D eigenvalue weighted by Crippen LogP contribution is 2.15. The number of nitrogens with one attached hydrogen (secondary N) is 1. The number of hydrogen-bond donors (Lipinski definition) is 1. The third-order valence-corrected chi connectivity index (χ3v) is 2.92. The van der Waals surface area contributed by atoms with E-state index in [9.17, 15) is 4.79 Å². The third kappa shape index (κ3) is 2.81. The SMILES string of the molecule is Cn1ccnc1C(=O)NCc1noc(-c2ccccc2)n1. The van der Waals surface area contributed by atoms with Gasteiger partial charge >= 0.3 is 0 Å². The van der Waals surface area contributed by atoms with Crippen LogP contribution in [-0.4, -0.2) is 25.6 Å². The van der Waals surface area contributed by atoms with Crippen LogP contribution in [0, 0.1) is 0 Å². The number of aromatic nitrogens is 4. The minimum absolute atomic E-state index is 0.183. The lowest BCUT2D eigenvalue weighted by Gasteiger charge is -2.01. The summed E-state index contributed by atoms with van der Waals surface area (Å²) in [5.41, 5.74) is 0.840. The summed E-state index contributed by atoms with van der Waals surface area (Å²) in [5, 5.41) is 6.54. The van der Waals surface area contributed by atoms with Gasteiger partial charge in [-0.1, -0.05) is 23.4 Å². The molecule has 1 aromatic carbocycles. The fourth-order valence-electron chi connectivity index (χ4n) is 1.85. The maximum Gasteiger partial charge on any atom is 0.287 e. The van der Waals surface area contributed by atoms with Gasteiger partial charge in [-0.25, -0.2) is 4.98 Å². The number of benzene rings is 1. The minimum atomic E-state index is -0.284. The predicted octanol–water partition coefficient (Wildman–Crippen LogP) is 1.40. The predicted molar refractivity (Wildman–Crippen MR) is 74.1 cm³/mol. The number of rotatable bonds is 4. The summed E-state index contributed by atoms with van der Waals surface area (Å²) >= 11 is 0. The number of nitrogens with zero attached hydrogens (tertiary/aromatic N) is 4. The van der Waals surface area contributed by atoms with Crippen LogP contribution in [0.25, 0.3) is 11.5 Å². The molecule has 0 atom stereocenters. The van der Waals surface area contributed by atoms with Crippen molar-refractivity contribution >= 4 is 5.91 Å². The number of carbonyl (C=O) groups is 1. The summed E-state index contributed by atoms with van der Waals surface area (Å²) in [6.07, 6.45) is 3.27. The van der Waals surface area contributed by atoms with Gasteiger partial charge in [0.05, 0.1) is 6.54 Å². The van der Waals surface area contributed by atoms with Crippen molar-refractivity contribution in [2.45, 2.75) is 6.54 Å². The van der Waals surface area contributed by atoms with Crippen molar-refractivity contribution < 1.29 is 9.32 Å². The van der Waals surface area contributed by atoms with Crippen LogP contribution in [0.2, 0.25) is 0 Å². The maximum atomic E-state index is 11.9. The number of imidazole rings is 1. The Balaban J connectivity index is 1.66. The van der Waals surface area contributed by atoms with E-state index < -0.39 is 0 Å². The van der Waals surface area contributed by atoms with Gasteiger partial charge in [-0.2, -0.15) is 4.98 Å². The molecule has 106 valence electrons. The second kappa shape index (κ2) is 5.58. The van der Waals surface area contributed by atoms with Crippen LogP contribution in [0.5, 0.6) is 0 Å². The second-order valence-electron chi connectivity index (χ2n) is 4.43. The number of amides is 1. The number of hydrogen-bond acceptors (Lipinski definition) is 5. The molecule has 3 aromatic rings. The van der Waals surface area contributed by atoms with E-state index in [1.165, 1.54) is 0 Å². The summed E-state index contributed by atoms with van der Waals surface area (Å²) in [7, 11) is 1.75. The lowest BCUT2D eigenvalue weighted by molar-refractivity contribution is 0.0936. The molecule has 7 nitrogen and oxygen atoms in total. The first-order valence-corrected chi connectivity index (χ1v) is 6.37. The molecular formula is C14H13N5O2. The normalized spacial score (nSPS) is 10.5. The van der Waals surface area contributed by atoms with Crippen molar-refractivity contribution in [2.24, 2.45) is 7.05 Å². The van der Waals surface area contributed by atoms with Crippen molar-refractivity contribution in [2.75, 3.05) is 0 Å². The molecule has 0 bridgehead atoms. The van der Waals surface area contributed by atoms with Gasteiger partial charge in [0, 0.05) is 25.0 Å². The highest BCUT2D eigenvalue weighted by Gasteiger charge is 2.13. The zero-order valence-electron chi connectivity index (χ0n) is 11.4. The summed E-state index contributed by atoms with van der Waals surface area (Å²) < 4.78 is 6.80. The average molecular weight is 283 g/mol. The average Bonchev–Trinajstić information content (AvgIpc) is 3.15. The molecule has 0 aliphatic heterocycles. The van der Waals surface area contributed by atoms with Crippen molar-refractivity contribution in [1.29, 1.82) is 0 Å². The van der Waals surface area contributed by atoms with E-state index in [1.54, 1.807) is 24.0 Å². The monoisotopic (exact) mass is 283 g/mol. The molecule has 3 rings (SSSR count). The van der Waals surface area contributed by atoms with Gasteiger partial charge in [0.15, 0.2) is 11.6 Å². The first kappa shape index (κ1) is 13.0. The van der Waals surface area contributed by atoms with Crippen LogP contribution in [0.3, 0.4) is 0 Å². The van der Waals surface area contributed by atoms with Crippen LogP contribution < -0.4 is 5.32 Å². The van der Waals surface area contributed by atoms with Gasteiger partial charge < -0.3 is 14.4 Å². The van der Waals surface area contributed by atoms with Crippen LogP contribution in [0.1, 0.15) is 16.4 Å². The van der Waals surface area contributed by atoms with Gasteiger partial charge in [0.1, 0.15) is 0 Å². The quantitative estimate of drug-likeness (QED) is 0.782. The first-order chi connectivity index (χ1) is 10.2. The van der Waals surface area contributed by atoms with Crippen LogP contribution in [0.15, 0.2) is 47.2 Å². The lowest BCUT2D eigenvalue weighted by atomic mass is 10.2. The summed E-state index contributed by atoms with van der Waals surface area (Å²) in [6, 6.07) is 9.45. The number of carbonyl (C=O) groups excluding carboxylic acids is 1. The van der Waals surface area contributed by atoms with Crippen LogP contribution in [0.4, 0.5) is 0 Å². The molecule has 2 aromatic heterocycles. The largest absolute Gasteiger partial charge is 0.342 e. The molecule has 0 saturated heterocycles. The summed E-state index contributed by atoms with van der Waals surface area (Å²) in [5.74, 6) is 0.892. The Morgan fingerprint density at radius 2 is 2.14 bits per heavy atom. The fraction of sp³-hybridized carbons (Fsp3) is 0.143. The highest BCUT2D eigenvalue weighted by molar-refractivity contribution is 5.90. The molecule has 1 amide bonds. The van der Waals surface area contributed by atoms with Gasteiger partial charge in [-0.3, -0.25) is 4.79 Å².